The zero-order valence-electron chi connectivity index (χ0n) is 16.3. The van der Waals surface area contributed by atoms with E-state index in [0.29, 0.717) is 0 Å². The molecule has 4 aromatic rings. The van der Waals surface area contributed by atoms with Crippen LogP contribution in [0.25, 0.3) is 21.5 Å². The molecule has 1 aliphatic heterocycles. The Balaban J connectivity index is 1.74. The Labute approximate surface area is 178 Å². The molecule has 0 fully saturated rings. The number of thiazole rings is 1. The average Bonchev–Trinajstić information content (AvgIpc) is 3.23. The number of aromatic nitrogens is 1. The SMILES string of the molecule is COc1ccc([C@H]2NC(=O)NC(c3ccccc3)=C2c2nc3ccccc3s2)cc1. The summed E-state index contributed by atoms with van der Waals surface area (Å²) >= 11 is 1.62. The van der Waals surface area contributed by atoms with Crippen LogP contribution in [0.5, 0.6) is 5.75 Å². The highest BCUT2D eigenvalue weighted by atomic mass is 32.1. The van der Waals surface area contributed by atoms with Gasteiger partial charge in [-0.25, -0.2) is 9.78 Å². The predicted octanol–water partition coefficient (Wildman–Crippen LogP) is 5.23. The van der Waals surface area contributed by atoms with Crippen LogP contribution in [0.1, 0.15) is 22.2 Å². The first-order valence-electron chi connectivity index (χ1n) is 9.60. The number of carbonyl (C=O) groups is 1. The lowest BCUT2D eigenvalue weighted by Crippen LogP contribution is -2.42. The average molecular weight is 414 g/mol. The third-order valence-electron chi connectivity index (χ3n) is 5.11. The van der Waals surface area contributed by atoms with Crippen LogP contribution in [0.15, 0.2) is 78.9 Å². The molecule has 0 saturated carbocycles. The monoisotopic (exact) mass is 413 g/mol. The highest BCUT2D eigenvalue weighted by molar-refractivity contribution is 7.19. The summed E-state index contributed by atoms with van der Waals surface area (Å²) in [5, 5.41) is 6.98. The molecule has 0 aliphatic carbocycles. The van der Waals surface area contributed by atoms with Crippen molar-refractivity contribution < 1.29 is 9.53 Å². The number of nitrogens with zero attached hydrogens (tertiary/aromatic N) is 1. The molecule has 2 N–H and O–H groups in total. The molecular weight excluding hydrogens is 394 g/mol. The van der Waals surface area contributed by atoms with Crippen molar-refractivity contribution in [2.24, 2.45) is 0 Å². The second kappa shape index (κ2) is 7.65. The number of benzene rings is 3. The third kappa shape index (κ3) is 3.31. The minimum atomic E-state index is -0.333. The van der Waals surface area contributed by atoms with Gasteiger partial charge < -0.3 is 15.4 Å². The molecule has 148 valence electrons. The fourth-order valence-electron chi connectivity index (χ4n) is 3.66. The first kappa shape index (κ1) is 18.4. The van der Waals surface area contributed by atoms with E-state index in [0.717, 1.165) is 43.4 Å². The summed E-state index contributed by atoms with van der Waals surface area (Å²) in [4.78, 5) is 17.5. The van der Waals surface area contributed by atoms with Crippen molar-refractivity contribution in [3.05, 3.63) is 95.0 Å². The fraction of sp³-hybridized carbons (Fsp3) is 0.0833. The van der Waals surface area contributed by atoms with E-state index in [4.69, 9.17) is 9.72 Å². The van der Waals surface area contributed by atoms with Crippen molar-refractivity contribution in [2.45, 2.75) is 6.04 Å². The number of rotatable bonds is 4. The minimum Gasteiger partial charge on any atom is -0.497 e. The van der Waals surface area contributed by atoms with Crippen LogP contribution < -0.4 is 15.4 Å². The summed E-state index contributed by atoms with van der Waals surface area (Å²) in [5.41, 5.74) is 4.59. The third-order valence-corrected chi connectivity index (χ3v) is 6.18. The van der Waals surface area contributed by atoms with Gasteiger partial charge in [-0.15, -0.1) is 11.3 Å². The Morgan fingerprint density at radius 3 is 2.40 bits per heavy atom. The minimum absolute atomic E-state index is 0.237. The molecule has 2 amide bonds. The van der Waals surface area contributed by atoms with Gasteiger partial charge in [-0.3, -0.25) is 0 Å². The number of urea groups is 1. The van der Waals surface area contributed by atoms with Gasteiger partial charge in [-0.05, 0) is 35.4 Å². The summed E-state index contributed by atoms with van der Waals surface area (Å²) in [5.74, 6) is 0.771. The maximum atomic E-state index is 12.6. The van der Waals surface area contributed by atoms with Crippen LogP contribution in [0.2, 0.25) is 0 Å². The molecule has 6 heteroatoms. The molecule has 5 nitrogen and oxygen atoms in total. The number of fused-ring (bicyclic) bond motifs is 1. The van der Waals surface area contributed by atoms with Gasteiger partial charge in [0.25, 0.3) is 0 Å². The highest BCUT2D eigenvalue weighted by Gasteiger charge is 2.32. The highest BCUT2D eigenvalue weighted by Crippen LogP contribution is 2.41. The van der Waals surface area contributed by atoms with Crippen molar-refractivity contribution in [1.82, 2.24) is 15.6 Å². The number of methoxy groups -OCH3 is 1. The van der Waals surface area contributed by atoms with E-state index in [2.05, 4.69) is 16.7 Å². The summed E-state index contributed by atoms with van der Waals surface area (Å²) in [6.07, 6.45) is 0. The molecule has 0 saturated heterocycles. The van der Waals surface area contributed by atoms with Gasteiger partial charge in [0.05, 0.1) is 29.1 Å². The molecule has 1 atom stereocenters. The lowest BCUT2D eigenvalue weighted by molar-refractivity contribution is 0.242. The zero-order chi connectivity index (χ0) is 20.5. The second-order valence-electron chi connectivity index (χ2n) is 6.95. The lowest BCUT2D eigenvalue weighted by Gasteiger charge is -2.30. The van der Waals surface area contributed by atoms with Crippen molar-refractivity contribution in [3.63, 3.8) is 0 Å². The standard InChI is InChI=1S/C24H19N3O2S/c1-29-17-13-11-16(12-14-17)22-20(23-25-18-9-5-6-10-19(18)30-23)21(26-24(28)27-22)15-7-3-2-4-8-15/h2-14,22H,1H3,(H2,26,27,28)/t22-/m1/s1. The first-order chi connectivity index (χ1) is 14.7. The van der Waals surface area contributed by atoms with E-state index in [1.54, 1.807) is 18.4 Å². The topological polar surface area (TPSA) is 63.2 Å². The molecular formula is C24H19N3O2S. The zero-order valence-corrected chi connectivity index (χ0v) is 17.1. The van der Waals surface area contributed by atoms with Crippen molar-refractivity contribution in [3.8, 4) is 5.75 Å². The van der Waals surface area contributed by atoms with Crippen LogP contribution in [-0.4, -0.2) is 18.1 Å². The number of carbonyl (C=O) groups excluding carboxylic acids is 1. The molecule has 2 heterocycles. The fourth-order valence-corrected chi connectivity index (χ4v) is 4.71. The van der Waals surface area contributed by atoms with Gasteiger partial charge >= 0.3 is 6.03 Å². The van der Waals surface area contributed by atoms with Gasteiger partial charge in [0.1, 0.15) is 10.8 Å². The van der Waals surface area contributed by atoms with E-state index in [1.165, 1.54) is 0 Å². The quantitative estimate of drug-likeness (QED) is 0.482. The Morgan fingerprint density at radius 1 is 0.933 bits per heavy atom. The van der Waals surface area contributed by atoms with Crippen molar-refractivity contribution in [1.29, 1.82) is 0 Å². The smallest absolute Gasteiger partial charge is 0.320 e. The van der Waals surface area contributed by atoms with Crippen LogP contribution in [0.4, 0.5) is 4.79 Å². The number of hydrogen-bond acceptors (Lipinski definition) is 4. The summed E-state index contributed by atoms with van der Waals surface area (Å²) in [6, 6.07) is 25.2. The van der Waals surface area contributed by atoms with Crippen molar-refractivity contribution in [2.75, 3.05) is 7.11 Å². The Hall–Kier alpha value is -3.64. The molecule has 0 unspecified atom stereocenters. The van der Waals surface area contributed by atoms with E-state index < -0.39 is 0 Å². The molecule has 30 heavy (non-hydrogen) atoms. The second-order valence-corrected chi connectivity index (χ2v) is 7.98. The molecule has 5 rings (SSSR count). The largest absolute Gasteiger partial charge is 0.497 e. The number of hydrogen-bond donors (Lipinski definition) is 2. The number of para-hydroxylation sites is 1. The van der Waals surface area contributed by atoms with Crippen LogP contribution >= 0.6 is 11.3 Å². The molecule has 0 bridgehead atoms. The van der Waals surface area contributed by atoms with Gasteiger partial charge in [0.15, 0.2) is 0 Å². The molecule has 1 aromatic heterocycles. The Morgan fingerprint density at radius 2 is 1.67 bits per heavy atom. The van der Waals surface area contributed by atoms with Crippen LogP contribution in [0.3, 0.4) is 0 Å². The normalized spacial score (nSPS) is 16.3. The van der Waals surface area contributed by atoms with Crippen LogP contribution in [0, 0.1) is 0 Å². The predicted molar refractivity (Wildman–Crippen MR) is 120 cm³/mol. The molecule has 3 aromatic carbocycles. The van der Waals surface area contributed by atoms with E-state index >= 15 is 0 Å². The van der Waals surface area contributed by atoms with E-state index in [9.17, 15) is 4.79 Å². The van der Waals surface area contributed by atoms with E-state index in [1.807, 2.05) is 72.8 Å². The number of ether oxygens (including phenoxy) is 1. The molecule has 1 aliphatic rings. The Bertz CT molecular complexity index is 1210. The van der Waals surface area contributed by atoms with Crippen LogP contribution in [-0.2, 0) is 0 Å². The van der Waals surface area contributed by atoms with Gasteiger partial charge in [0, 0.05) is 5.57 Å². The number of nitrogens with one attached hydrogen (secondary N) is 2. The Kier molecular flexibility index (Phi) is 4.69. The summed E-state index contributed by atoms with van der Waals surface area (Å²) in [7, 11) is 1.64. The maximum Gasteiger partial charge on any atom is 0.320 e. The summed E-state index contributed by atoms with van der Waals surface area (Å²) < 4.78 is 6.41. The molecule has 0 spiro atoms. The van der Waals surface area contributed by atoms with Gasteiger partial charge in [-0.2, -0.15) is 0 Å². The summed E-state index contributed by atoms with van der Waals surface area (Å²) in [6.45, 7) is 0. The number of amides is 2. The molecule has 0 radical (unpaired) electrons. The first-order valence-corrected chi connectivity index (χ1v) is 10.4. The van der Waals surface area contributed by atoms with Gasteiger partial charge in [-0.1, -0.05) is 54.6 Å². The lowest BCUT2D eigenvalue weighted by atomic mass is 9.93. The van der Waals surface area contributed by atoms with Gasteiger partial charge in [0.2, 0.25) is 0 Å². The van der Waals surface area contributed by atoms with E-state index in [-0.39, 0.29) is 12.1 Å². The maximum absolute atomic E-state index is 12.6. The van der Waals surface area contributed by atoms with Crippen molar-refractivity contribution >= 4 is 38.9 Å².